The van der Waals surface area contributed by atoms with E-state index >= 15 is 0 Å². The van der Waals surface area contributed by atoms with Crippen LogP contribution in [-0.4, -0.2) is 78.6 Å². The minimum atomic E-state index is -0.368. The van der Waals surface area contributed by atoms with Crippen LogP contribution in [0.2, 0.25) is 0 Å². The van der Waals surface area contributed by atoms with Crippen molar-refractivity contribution in [3.8, 4) is 5.75 Å². The van der Waals surface area contributed by atoms with Crippen molar-refractivity contribution in [2.45, 2.75) is 12.8 Å². The van der Waals surface area contributed by atoms with Crippen molar-refractivity contribution in [3.63, 3.8) is 0 Å². The van der Waals surface area contributed by atoms with Gasteiger partial charge in [0, 0.05) is 80.9 Å². The fraction of sp³-hybridized carbons (Fsp3) is 0.379. The third-order valence-corrected chi connectivity index (χ3v) is 7.81. The summed E-state index contributed by atoms with van der Waals surface area (Å²) in [6.07, 6.45) is 7.07. The van der Waals surface area contributed by atoms with Crippen LogP contribution in [0.15, 0.2) is 42.4 Å². The number of aryl methyl sites for hydroxylation is 1. The maximum absolute atomic E-state index is 13.3. The number of nitrogens with zero attached hydrogens (tertiary/aromatic N) is 4. The molecule has 6 rings (SSSR count). The van der Waals surface area contributed by atoms with Gasteiger partial charge in [0.15, 0.2) is 5.76 Å². The second kappa shape index (κ2) is 10.6. The van der Waals surface area contributed by atoms with Crippen LogP contribution in [0.1, 0.15) is 28.8 Å². The van der Waals surface area contributed by atoms with Gasteiger partial charge in [0.25, 0.3) is 0 Å². The van der Waals surface area contributed by atoms with Crippen molar-refractivity contribution in [2.75, 3.05) is 56.7 Å². The van der Waals surface area contributed by atoms with Crippen LogP contribution >= 0.6 is 0 Å². The van der Waals surface area contributed by atoms with Gasteiger partial charge >= 0.3 is 6.03 Å². The Labute approximate surface area is 231 Å². The molecule has 2 N–H and O–H groups in total. The Bertz CT molecular complexity index is 1510. The summed E-state index contributed by atoms with van der Waals surface area (Å²) in [7, 11) is 3.45. The summed E-state index contributed by atoms with van der Waals surface area (Å²) in [5.74, 6) is 0.668. The van der Waals surface area contributed by atoms with Crippen molar-refractivity contribution >= 4 is 46.2 Å². The van der Waals surface area contributed by atoms with E-state index in [0.29, 0.717) is 43.3 Å². The molecule has 2 aromatic heterocycles. The second-order valence-corrected chi connectivity index (χ2v) is 10.3. The zero-order valence-electron chi connectivity index (χ0n) is 22.6. The molecule has 0 bridgehead atoms. The summed E-state index contributed by atoms with van der Waals surface area (Å²) in [5, 5.41) is 6.11. The number of carbonyl (C=O) groups excluding carboxylic acids is 3. The number of piperidine rings is 1. The number of ketones is 1. The molecule has 40 heavy (non-hydrogen) atoms. The fourth-order valence-corrected chi connectivity index (χ4v) is 5.70. The molecule has 0 radical (unpaired) electrons. The van der Waals surface area contributed by atoms with Crippen LogP contribution < -0.4 is 20.3 Å². The summed E-state index contributed by atoms with van der Waals surface area (Å²) < 4.78 is 13.3. The van der Waals surface area contributed by atoms with E-state index in [-0.39, 0.29) is 29.4 Å². The number of ether oxygens (including phenoxy) is 2. The molecular weight excluding hydrogens is 512 g/mol. The van der Waals surface area contributed by atoms with Gasteiger partial charge in [0.05, 0.1) is 18.8 Å². The first-order chi connectivity index (χ1) is 19.4. The molecule has 5 heterocycles. The van der Waals surface area contributed by atoms with Crippen LogP contribution in [0.4, 0.5) is 16.2 Å². The third kappa shape index (κ3) is 4.77. The number of pyridine rings is 1. The minimum absolute atomic E-state index is 0.0230. The molecule has 3 aromatic rings. The van der Waals surface area contributed by atoms with Crippen molar-refractivity contribution < 1.29 is 23.9 Å². The number of morpholine rings is 1. The summed E-state index contributed by atoms with van der Waals surface area (Å²) in [5.41, 5.74) is 3.55. The Balaban J connectivity index is 1.25. The van der Waals surface area contributed by atoms with Gasteiger partial charge in [-0.15, -0.1) is 0 Å². The van der Waals surface area contributed by atoms with E-state index in [2.05, 4.69) is 20.5 Å². The van der Waals surface area contributed by atoms with Crippen LogP contribution in [0.3, 0.4) is 0 Å². The molecule has 0 unspecified atom stereocenters. The number of nitrogens with one attached hydrogen (secondary N) is 2. The first-order valence-electron chi connectivity index (χ1n) is 13.6. The summed E-state index contributed by atoms with van der Waals surface area (Å²) in [4.78, 5) is 46.8. The molecule has 2 saturated heterocycles. The highest BCUT2D eigenvalue weighted by molar-refractivity contribution is 6.16. The Kier molecular flexibility index (Phi) is 6.89. The zero-order chi connectivity index (χ0) is 27.8. The predicted molar refractivity (Wildman–Crippen MR) is 151 cm³/mol. The number of Topliss-reactive ketones (excluding diaryl/α,β-unsaturated/α-hetero) is 1. The molecule has 1 aromatic carbocycles. The van der Waals surface area contributed by atoms with Gasteiger partial charge in [0.2, 0.25) is 11.7 Å². The number of hydrogen-bond acceptors (Lipinski definition) is 7. The van der Waals surface area contributed by atoms with Gasteiger partial charge in [-0.05, 0) is 43.2 Å². The van der Waals surface area contributed by atoms with E-state index in [1.54, 1.807) is 30.5 Å². The lowest BCUT2D eigenvalue weighted by atomic mass is 9.94. The van der Waals surface area contributed by atoms with Gasteiger partial charge in [-0.2, -0.15) is 0 Å². The monoisotopic (exact) mass is 544 g/mol. The fourth-order valence-electron chi connectivity index (χ4n) is 5.70. The zero-order valence-corrected chi connectivity index (χ0v) is 22.6. The maximum atomic E-state index is 13.3. The highest BCUT2D eigenvalue weighted by Gasteiger charge is 2.31. The molecule has 0 spiro atoms. The van der Waals surface area contributed by atoms with Crippen LogP contribution in [0.5, 0.6) is 5.75 Å². The van der Waals surface area contributed by atoms with E-state index < -0.39 is 0 Å². The lowest BCUT2D eigenvalue weighted by molar-refractivity contribution is -0.140. The molecule has 0 aliphatic carbocycles. The highest BCUT2D eigenvalue weighted by atomic mass is 16.5. The number of allylic oxidation sites excluding steroid dienone is 1. The lowest BCUT2D eigenvalue weighted by Gasteiger charge is -2.36. The Hall–Kier alpha value is -4.38. The topological polar surface area (TPSA) is 118 Å². The average Bonchev–Trinajstić information content (AvgIpc) is 3.48. The van der Waals surface area contributed by atoms with Crippen molar-refractivity contribution in [1.82, 2.24) is 19.8 Å². The van der Waals surface area contributed by atoms with E-state index in [9.17, 15) is 14.4 Å². The highest BCUT2D eigenvalue weighted by Crippen LogP contribution is 2.37. The van der Waals surface area contributed by atoms with Crippen molar-refractivity contribution in [2.24, 2.45) is 13.0 Å². The molecule has 3 aliphatic rings. The molecular formula is C29H32N6O5. The number of hydrogen-bond donors (Lipinski definition) is 2. The van der Waals surface area contributed by atoms with Gasteiger partial charge in [-0.25, -0.2) is 9.78 Å². The van der Waals surface area contributed by atoms with E-state index in [0.717, 1.165) is 48.2 Å². The Morgan fingerprint density at radius 2 is 1.88 bits per heavy atom. The third-order valence-electron chi connectivity index (χ3n) is 7.81. The summed E-state index contributed by atoms with van der Waals surface area (Å²) in [6, 6.07) is 6.62. The number of amides is 3. The molecule has 11 nitrogen and oxygen atoms in total. The smallest absolute Gasteiger partial charge is 0.318 e. The van der Waals surface area contributed by atoms with Gasteiger partial charge in [-0.1, -0.05) is 0 Å². The van der Waals surface area contributed by atoms with Gasteiger partial charge < -0.3 is 34.5 Å². The predicted octanol–water partition coefficient (Wildman–Crippen LogP) is 3.02. The maximum Gasteiger partial charge on any atom is 0.318 e. The standard InChI is InChI=1S/C29H32N6O5/c1-30-29(38)32-20-3-4-23-21(16-20)26(36)24(40-23)15-19-17-33(2)27-25(19)22(5-8-31-27)34-9-6-18(7-10-34)28(37)35-11-13-39-14-12-35/h3-5,8,15-18H,6-7,9-14H2,1-2H3,(H2,30,32,38). The van der Waals surface area contributed by atoms with Crippen LogP contribution in [0.25, 0.3) is 17.1 Å². The quantitative estimate of drug-likeness (QED) is 0.485. The first-order valence-corrected chi connectivity index (χ1v) is 13.6. The van der Waals surface area contributed by atoms with Crippen molar-refractivity contribution in [3.05, 3.63) is 53.5 Å². The van der Waals surface area contributed by atoms with Crippen molar-refractivity contribution in [1.29, 1.82) is 0 Å². The molecule has 11 heteroatoms. The average molecular weight is 545 g/mol. The summed E-state index contributed by atoms with van der Waals surface area (Å²) in [6.45, 7) is 4.07. The molecule has 3 amide bonds. The van der Waals surface area contributed by atoms with E-state index in [4.69, 9.17) is 9.47 Å². The number of urea groups is 1. The Morgan fingerprint density at radius 1 is 1.10 bits per heavy atom. The number of benzene rings is 1. The number of anilines is 2. The second-order valence-electron chi connectivity index (χ2n) is 10.3. The van der Waals surface area contributed by atoms with Gasteiger partial charge in [0.1, 0.15) is 11.4 Å². The normalized spacial score (nSPS) is 18.6. The SMILES string of the molecule is CNC(=O)Nc1ccc2c(c1)C(=O)C(=Cc1cn(C)c3nccc(N4CCC(C(=O)N5CCOCC5)CC4)c13)O2. The molecule has 2 fully saturated rings. The number of aromatic nitrogens is 2. The lowest BCUT2D eigenvalue weighted by Crippen LogP contribution is -2.46. The van der Waals surface area contributed by atoms with E-state index in [1.807, 2.05) is 28.8 Å². The van der Waals surface area contributed by atoms with E-state index in [1.165, 1.54) is 7.05 Å². The van der Waals surface area contributed by atoms with Gasteiger partial charge in [-0.3, -0.25) is 9.59 Å². The summed E-state index contributed by atoms with van der Waals surface area (Å²) >= 11 is 0. The number of carbonyl (C=O) groups is 3. The van der Waals surface area contributed by atoms with Crippen LogP contribution in [-0.2, 0) is 16.6 Å². The molecule has 0 atom stereocenters. The first kappa shape index (κ1) is 25.9. The Morgan fingerprint density at radius 3 is 2.62 bits per heavy atom. The largest absolute Gasteiger partial charge is 0.452 e. The molecule has 208 valence electrons. The molecule has 3 aliphatic heterocycles. The number of fused-ring (bicyclic) bond motifs is 2. The van der Waals surface area contributed by atoms with Crippen LogP contribution in [0, 0.1) is 5.92 Å². The number of rotatable bonds is 4. The minimum Gasteiger partial charge on any atom is -0.452 e. The molecule has 0 saturated carbocycles.